The summed E-state index contributed by atoms with van der Waals surface area (Å²) in [6.45, 7) is 3.53. The molecule has 2 saturated heterocycles. The Hall–Kier alpha value is -3.72. The molecule has 15 heteroatoms. The zero-order valence-corrected chi connectivity index (χ0v) is 20.9. The fraction of sp³-hybridized carbons (Fsp3) is 0.440. The highest BCUT2D eigenvalue weighted by atomic mass is 19.4. The number of alkyl halides is 6. The second-order valence-electron chi connectivity index (χ2n) is 8.92. The van der Waals surface area contributed by atoms with E-state index in [-0.39, 0.29) is 18.1 Å². The zero-order valence-electron chi connectivity index (χ0n) is 20.9. The molecule has 0 spiro atoms. The van der Waals surface area contributed by atoms with Crippen molar-refractivity contribution in [2.45, 2.75) is 50.5 Å². The van der Waals surface area contributed by atoms with Gasteiger partial charge in [-0.25, -0.2) is 9.59 Å². The quantitative estimate of drug-likeness (QED) is 0.443. The first-order chi connectivity index (χ1) is 18.6. The predicted molar refractivity (Wildman–Crippen MR) is 127 cm³/mol. The second kappa shape index (κ2) is 14.6. The van der Waals surface area contributed by atoms with Crippen LogP contribution in [0.5, 0.6) is 0 Å². The lowest BCUT2D eigenvalue weighted by Gasteiger charge is -2.19. The Morgan fingerprint density at radius 3 is 2.00 bits per heavy atom. The fourth-order valence-corrected chi connectivity index (χ4v) is 4.03. The number of fused-ring (bicyclic) bond motifs is 1. The maximum Gasteiger partial charge on any atom is 0.490 e. The number of nitrogens with zero attached hydrogens (tertiary/aromatic N) is 2. The summed E-state index contributed by atoms with van der Waals surface area (Å²) in [5.74, 6) is -4.91. The Bertz CT molecular complexity index is 1060. The Balaban J connectivity index is 0.000000333. The summed E-state index contributed by atoms with van der Waals surface area (Å²) in [4.78, 5) is 36.5. The molecule has 0 aliphatic carbocycles. The third kappa shape index (κ3) is 11.6. The van der Waals surface area contributed by atoms with Crippen LogP contribution in [0.3, 0.4) is 0 Å². The number of hydrogen-bond acceptors (Lipinski definition) is 6. The van der Waals surface area contributed by atoms with E-state index in [0.717, 1.165) is 31.6 Å². The van der Waals surface area contributed by atoms with Crippen molar-refractivity contribution in [3.05, 3.63) is 66.0 Å². The van der Waals surface area contributed by atoms with E-state index < -0.39 is 24.3 Å². The number of carbonyl (C=O) groups excluding carboxylic acids is 1. The third-order valence-electron chi connectivity index (χ3n) is 5.75. The Kier molecular flexibility index (Phi) is 11.9. The molecular formula is C25H27F6N3O6. The minimum Gasteiger partial charge on any atom is -0.475 e. The van der Waals surface area contributed by atoms with Crippen molar-refractivity contribution < 1.29 is 55.7 Å². The van der Waals surface area contributed by atoms with Crippen LogP contribution in [-0.4, -0.2) is 75.6 Å². The maximum absolute atomic E-state index is 12.2. The highest BCUT2D eigenvalue weighted by Gasteiger charge is 2.42. The lowest BCUT2D eigenvalue weighted by molar-refractivity contribution is -0.193. The van der Waals surface area contributed by atoms with E-state index in [1.54, 1.807) is 12.4 Å². The number of carbonyl (C=O) groups is 3. The van der Waals surface area contributed by atoms with Gasteiger partial charge in [-0.1, -0.05) is 36.4 Å². The molecular weight excluding hydrogens is 552 g/mol. The van der Waals surface area contributed by atoms with Crippen molar-refractivity contribution >= 4 is 17.8 Å². The van der Waals surface area contributed by atoms with Gasteiger partial charge in [0.15, 0.2) is 0 Å². The van der Waals surface area contributed by atoms with Crippen LogP contribution in [0.25, 0.3) is 0 Å². The molecule has 0 bridgehead atoms. The van der Waals surface area contributed by atoms with E-state index in [9.17, 15) is 31.1 Å². The number of aromatic nitrogens is 1. The number of aliphatic carboxylic acids is 2. The Labute approximate surface area is 224 Å². The summed E-state index contributed by atoms with van der Waals surface area (Å²) in [5.41, 5.74) is 2.36. The SMILES string of the molecule is O=C(C[C@@H]1C[C@H]2CN(Cc3ccccc3)C[C@H]2O1)NCc1cccnc1.O=C(O)C(F)(F)F.O=C(O)C(F)(F)F. The highest BCUT2D eigenvalue weighted by Crippen LogP contribution is 2.34. The average Bonchev–Trinajstić information content (AvgIpc) is 3.41. The van der Waals surface area contributed by atoms with E-state index in [1.807, 2.05) is 12.1 Å². The Morgan fingerprint density at radius 2 is 1.50 bits per heavy atom. The molecule has 2 aliphatic rings. The number of nitrogens with one attached hydrogen (secondary N) is 1. The van der Waals surface area contributed by atoms with E-state index in [0.29, 0.717) is 18.9 Å². The van der Waals surface area contributed by atoms with Crippen LogP contribution in [0.15, 0.2) is 54.9 Å². The number of pyridine rings is 1. The van der Waals surface area contributed by atoms with Crippen LogP contribution >= 0.6 is 0 Å². The van der Waals surface area contributed by atoms with Crippen LogP contribution in [0, 0.1) is 5.92 Å². The largest absolute Gasteiger partial charge is 0.490 e. The number of likely N-dealkylation sites (tertiary alicyclic amines) is 1. The van der Waals surface area contributed by atoms with E-state index >= 15 is 0 Å². The summed E-state index contributed by atoms with van der Waals surface area (Å²) in [7, 11) is 0. The highest BCUT2D eigenvalue weighted by molar-refractivity contribution is 5.76. The van der Waals surface area contributed by atoms with Gasteiger partial charge in [0, 0.05) is 44.5 Å². The molecule has 2 aliphatic heterocycles. The van der Waals surface area contributed by atoms with Crippen molar-refractivity contribution in [3.63, 3.8) is 0 Å². The van der Waals surface area contributed by atoms with Crippen molar-refractivity contribution in [2.24, 2.45) is 5.92 Å². The lowest BCUT2D eigenvalue weighted by Crippen LogP contribution is -2.29. The van der Waals surface area contributed by atoms with E-state index in [4.69, 9.17) is 24.5 Å². The summed E-state index contributed by atoms with van der Waals surface area (Å²) >= 11 is 0. The van der Waals surface area contributed by atoms with Crippen LogP contribution in [0.1, 0.15) is 24.0 Å². The fourth-order valence-electron chi connectivity index (χ4n) is 4.03. The summed E-state index contributed by atoms with van der Waals surface area (Å²) in [6.07, 6.45) is -4.90. The summed E-state index contributed by atoms with van der Waals surface area (Å²) in [5, 5.41) is 17.2. The van der Waals surface area contributed by atoms with Crippen molar-refractivity contribution in [2.75, 3.05) is 13.1 Å². The monoisotopic (exact) mass is 579 g/mol. The van der Waals surface area contributed by atoms with Gasteiger partial charge in [0.2, 0.25) is 5.91 Å². The van der Waals surface area contributed by atoms with Gasteiger partial charge in [0.1, 0.15) is 0 Å². The number of hydrogen-bond donors (Lipinski definition) is 3. The van der Waals surface area contributed by atoms with Crippen molar-refractivity contribution in [3.8, 4) is 0 Å². The molecule has 40 heavy (non-hydrogen) atoms. The normalized spacial score (nSPS) is 20.3. The van der Waals surface area contributed by atoms with Crippen LogP contribution in [0.2, 0.25) is 0 Å². The van der Waals surface area contributed by atoms with Gasteiger partial charge in [-0.2, -0.15) is 26.3 Å². The first kappa shape index (κ1) is 32.5. The molecule has 9 nitrogen and oxygen atoms in total. The van der Waals surface area contributed by atoms with Crippen LogP contribution in [-0.2, 0) is 32.2 Å². The number of ether oxygens (including phenoxy) is 1. The lowest BCUT2D eigenvalue weighted by atomic mass is 10.0. The smallest absolute Gasteiger partial charge is 0.475 e. The molecule has 3 atom stereocenters. The van der Waals surface area contributed by atoms with Gasteiger partial charge >= 0.3 is 24.3 Å². The molecule has 1 aromatic carbocycles. The standard InChI is InChI=1S/C21H25N3O2.2C2HF3O2/c25-21(23-12-17-7-4-8-22-11-17)10-19-9-18-14-24(15-20(18)26-19)13-16-5-2-1-3-6-16;2*3-2(4,5)1(6)7/h1-8,11,18-20H,9-10,12-15H2,(H,23,25);2*(H,6,7)/t18-,19-,20+;;/m0../s1. The van der Waals surface area contributed by atoms with Gasteiger partial charge in [-0.3, -0.25) is 14.7 Å². The molecule has 3 N–H and O–H groups in total. The molecule has 220 valence electrons. The van der Waals surface area contributed by atoms with E-state index in [1.165, 1.54) is 5.56 Å². The topological polar surface area (TPSA) is 129 Å². The maximum atomic E-state index is 12.2. The number of carboxylic acid groups (broad SMARTS) is 2. The minimum atomic E-state index is -5.08. The number of rotatable bonds is 6. The predicted octanol–water partition coefficient (Wildman–Crippen LogP) is 3.64. The Morgan fingerprint density at radius 1 is 0.925 bits per heavy atom. The zero-order chi connectivity index (χ0) is 29.9. The number of benzene rings is 1. The molecule has 1 aromatic heterocycles. The number of amides is 1. The first-order valence-electron chi connectivity index (χ1n) is 11.8. The number of carboxylic acids is 2. The molecule has 1 amide bonds. The van der Waals surface area contributed by atoms with Gasteiger partial charge < -0.3 is 20.3 Å². The third-order valence-corrected chi connectivity index (χ3v) is 5.75. The molecule has 2 aromatic rings. The molecule has 3 heterocycles. The second-order valence-corrected chi connectivity index (χ2v) is 8.92. The first-order valence-corrected chi connectivity index (χ1v) is 11.8. The summed E-state index contributed by atoms with van der Waals surface area (Å²) in [6, 6.07) is 14.4. The van der Waals surface area contributed by atoms with Crippen LogP contribution in [0.4, 0.5) is 26.3 Å². The average molecular weight is 579 g/mol. The van der Waals surface area contributed by atoms with Gasteiger partial charge in [0.05, 0.1) is 18.6 Å². The molecule has 0 radical (unpaired) electrons. The van der Waals surface area contributed by atoms with E-state index in [2.05, 4.69) is 45.5 Å². The van der Waals surface area contributed by atoms with Crippen molar-refractivity contribution in [1.82, 2.24) is 15.2 Å². The minimum absolute atomic E-state index is 0.0535. The number of halogens is 6. The van der Waals surface area contributed by atoms with Gasteiger partial charge in [-0.05, 0) is 23.6 Å². The molecule has 4 rings (SSSR count). The van der Waals surface area contributed by atoms with Gasteiger partial charge in [0.25, 0.3) is 0 Å². The van der Waals surface area contributed by atoms with Crippen LogP contribution < -0.4 is 5.32 Å². The van der Waals surface area contributed by atoms with Gasteiger partial charge in [-0.15, -0.1) is 0 Å². The summed E-state index contributed by atoms with van der Waals surface area (Å²) < 4.78 is 69.6. The van der Waals surface area contributed by atoms with Crippen molar-refractivity contribution in [1.29, 1.82) is 0 Å². The molecule has 0 saturated carbocycles. The molecule has 2 fully saturated rings. The molecule has 0 unspecified atom stereocenters.